The maximum atomic E-state index is 12.0. The summed E-state index contributed by atoms with van der Waals surface area (Å²) in [7, 11) is 1.56. The van der Waals surface area contributed by atoms with E-state index in [4.69, 9.17) is 30.5 Å². The molecule has 3 rings (SSSR count). The van der Waals surface area contributed by atoms with E-state index in [1.807, 2.05) is 37.3 Å². The van der Waals surface area contributed by atoms with E-state index in [-0.39, 0.29) is 12.5 Å². The molecule has 0 bridgehead atoms. The molecule has 0 aromatic heterocycles. The Kier molecular flexibility index (Phi) is 8.97. The van der Waals surface area contributed by atoms with Crippen LogP contribution >= 0.6 is 11.6 Å². The van der Waals surface area contributed by atoms with Crippen LogP contribution in [0.2, 0.25) is 5.02 Å². The average Bonchev–Trinajstić information content (AvgIpc) is 2.84. The monoisotopic (exact) mass is 468 g/mol. The molecule has 0 saturated carbocycles. The van der Waals surface area contributed by atoms with Gasteiger partial charge in [-0.05, 0) is 72.6 Å². The molecule has 3 aromatic carbocycles. The fraction of sp³-hybridized carbons (Fsp3) is 0.200. The second kappa shape index (κ2) is 12.4. The molecule has 0 aliphatic heterocycles. The third-order valence-electron chi connectivity index (χ3n) is 4.40. The second-order valence-electron chi connectivity index (χ2n) is 6.81. The zero-order valence-electron chi connectivity index (χ0n) is 18.4. The number of benzene rings is 3. The summed E-state index contributed by atoms with van der Waals surface area (Å²) in [6.45, 7) is 2.72. The van der Waals surface area contributed by atoms with Crippen LogP contribution in [-0.4, -0.2) is 32.4 Å². The number of carbonyl (C=O) groups excluding carboxylic acids is 1. The molecular formula is C25H25ClN2O5. The second-order valence-corrected chi connectivity index (χ2v) is 7.25. The van der Waals surface area contributed by atoms with E-state index >= 15 is 0 Å². The van der Waals surface area contributed by atoms with Crippen LogP contribution in [-0.2, 0) is 11.4 Å². The van der Waals surface area contributed by atoms with E-state index in [1.54, 1.807) is 43.5 Å². The van der Waals surface area contributed by atoms with Crippen molar-refractivity contribution in [1.29, 1.82) is 0 Å². The van der Waals surface area contributed by atoms with Gasteiger partial charge in [-0.2, -0.15) is 5.10 Å². The molecule has 0 spiro atoms. The molecule has 1 N–H and O–H groups in total. The number of halogens is 1. The molecule has 0 radical (unpaired) electrons. The van der Waals surface area contributed by atoms with Crippen LogP contribution in [0.4, 0.5) is 0 Å². The molecule has 0 heterocycles. The number of amides is 1. The van der Waals surface area contributed by atoms with Crippen molar-refractivity contribution in [1.82, 2.24) is 5.43 Å². The first-order chi connectivity index (χ1) is 16.1. The quantitative estimate of drug-likeness (QED) is 0.321. The highest BCUT2D eigenvalue weighted by Gasteiger charge is 2.06. The van der Waals surface area contributed by atoms with Gasteiger partial charge in [-0.25, -0.2) is 5.43 Å². The minimum Gasteiger partial charge on any atom is -0.494 e. The van der Waals surface area contributed by atoms with Gasteiger partial charge in [0.15, 0.2) is 18.1 Å². The number of hydrogen-bond donors (Lipinski definition) is 1. The smallest absolute Gasteiger partial charge is 0.277 e. The minimum absolute atomic E-state index is 0.161. The first-order valence-electron chi connectivity index (χ1n) is 10.3. The molecule has 0 saturated heterocycles. The number of hydrogen-bond acceptors (Lipinski definition) is 6. The van der Waals surface area contributed by atoms with E-state index in [9.17, 15) is 4.79 Å². The summed E-state index contributed by atoms with van der Waals surface area (Å²) in [5.74, 6) is 2.08. The average molecular weight is 469 g/mol. The van der Waals surface area contributed by atoms with Crippen molar-refractivity contribution in [2.24, 2.45) is 5.10 Å². The number of methoxy groups -OCH3 is 1. The highest BCUT2D eigenvalue weighted by Crippen LogP contribution is 2.28. The van der Waals surface area contributed by atoms with E-state index in [1.165, 1.54) is 6.21 Å². The Hall–Kier alpha value is -3.71. The lowest BCUT2D eigenvalue weighted by molar-refractivity contribution is -0.123. The Morgan fingerprint density at radius 1 is 0.939 bits per heavy atom. The van der Waals surface area contributed by atoms with Gasteiger partial charge in [0, 0.05) is 5.02 Å². The van der Waals surface area contributed by atoms with Crippen LogP contribution in [0.5, 0.6) is 23.0 Å². The number of hydrazone groups is 1. The summed E-state index contributed by atoms with van der Waals surface area (Å²) >= 11 is 5.90. The maximum Gasteiger partial charge on any atom is 0.277 e. The van der Waals surface area contributed by atoms with Crippen molar-refractivity contribution in [2.45, 2.75) is 13.5 Å². The Morgan fingerprint density at radius 3 is 2.30 bits per heavy atom. The fourth-order valence-electron chi connectivity index (χ4n) is 2.78. The van der Waals surface area contributed by atoms with Crippen LogP contribution in [0.1, 0.15) is 18.1 Å². The molecule has 172 valence electrons. The van der Waals surface area contributed by atoms with Crippen molar-refractivity contribution in [3.8, 4) is 23.0 Å². The predicted octanol–water partition coefficient (Wildman–Crippen LogP) is 4.86. The van der Waals surface area contributed by atoms with Gasteiger partial charge in [-0.15, -0.1) is 0 Å². The topological polar surface area (TPSA) is 78.4 Å². The van der Waals surface area contributed by atoms with E-state index in [0.717, 1.165) is 16.9 Å². The Labute approximate surface area is 197 Å². The van der Waals surface area contributed by atoms with Crippen LogP contribution in [0.25, 0.3) is 0 Å². The minimum atomic E-state index is -0.380. The van der Waals surface area contributed by atoms with Gasteiger partial charge in [0.05, 0.1) is 19.9 Å². The van der Waals surface area contributed by atoms with Crippen molar-refractivity contribution in [3.05, 3.63) is 82.9 Å². The van der Waals surface area contributed by atoms with Crippen molar-refractivity contribution >= 4 is 23.7 Å². The summed E-state index contributed by atoms with van der Waals surface area (Å²) in [5, 5.41) is 4.64. The Bertz CT molecular complexity index is 1070. The van der Waals surface area contributed by atoms with E-state index in [0.29, 0.717) is 35.5 Å². The fourth-order valence-corrected chi connectivity index (χ4v) is 2.91. The van der Waals surface area contributed by atoms with Gasteiger partial charge in [-0.1, -0.05) is 23.7 Å². The molecule has 0 atom stereocenters. The third-order valence-corrected chi connectivity index (χ3v) is 4.65. The number of nitrogens with zero attached hydrogens (tertiary/aromatic N) is 1. The highest BCUT2D eigenvalue weighted by atomic mass is 35.5. The van der Waals surface area contributed by atoms with E-state index in [2.05, 4.69) is 10.5 Å². The molecule has 8 heteroatoms. The first-order valence-corrected chi connectivity index (χ1v) is 10.7. The molecule has 0 unspecified atom stereocenters. The van der Waals surface area contributed by atoms with E-state index < -0.39 is 0 Å². The summed E-state index contributed by atoms with van der Waals surface area (Å²) in [5.41, 5.74) is 4.16. The SMILES string of the molecule is CCOc1ccc(OCC(=O)N/N=C/c2ccc(OCc3ccc(Cl)cc3)c(OC)c2)cc1. The van der Waals surface area contributed by atoms with Gasteiger partial charge < -0.3 is 18.9 Å². The number of rotatable bonds is 11. The lowest BCUT2D eigenvalue weighted by atomic mass is 10.2. The highest BCUT2D eigenvalue weighted by molar-refractivity contribution is 6.30. The summed E-state index contributed by atoms with van der Waals surface area (Å²) in [6.07, 6.45) is 1.51. The van der Waals surface area contributed by atoms with Crippen molar-refractivity contribution in [3.63, 3.8) is 0 Å². The van der Waals surface area contributed by atoms with Crippen LogP contribution in [0.15, 0.2) is 71.8 Å². The summed E-state index contributed by atoms with van der Waals surface area (Å²) in [6, 6.07) is 19.8. The molecule has 3 aromatic rings. The molecule has 0 fully saturated rings. The molecule has 7 nitrogen and oxygen atoms in total. The molecule has 0 aliphatic rings. The van der Waals surface area contributed by atoms with Crippen LogP contribution in [0.3, 0.4) is 0 Å². The van der Waals surface area contributed by atoms with Crippen LogP contribution in [0, 0.1) is 0 Å². The maximum absolute atomic E-state index is 12.0. The lowest BCUT2D eigenvalue weighted by Gasteiger charge is -2.11. The molecule has 0 aliphatic carbocycles. The van der Waals surface area contributed by atoms with Gasteiger partial charge in [0.2, 0.25) is 0 Å². The van der Waals surface area contributed by atoms with Crippen molar-refractivity contribution < 1.29 is 23.7 Å². The normalized spacial score (nSPS) is 10.6. The molecule has 1 amide bonds. The lowest BCUT2D eigenvalue weighted by Crippen LogP contribution is -2.24. The zero-order valence-corrected chi connectivity index (χ0v) is 19.2. The van der Waals surface area contributed by atoms with Crippen LogP contribution < -0.4 is 24.4 Å². The largest absolute Gasteiger partial charge is 0.494 e. The van der Waals surface area contributed by atoms with Gasteiger partial charge in [0.25, 0.3) is 5.91 Å². The summed E-state index contributed by atoms with van der Waals surface area (Å²) < 4.78 is 22.1. The van der Waals surface area contributed by atoms with Crippen molar-refractivity contribution in [2.75, 3.05) is 20.3 Å². The predicted molar refractivity (Wildman–Crippen MR) is 128 cm³/mol. The van der Waals surface area contributed by atoms with Gasteiger partial charge >= 0.3 is 0 Å². The standard InChI is InChI=1S/C25H25ClN2O5/c1-3-31-21-9-11-22(12-10-21)32-17-25(29)28-27-15-19-6-13-23(24(14-19)30-2)33-16-18-4-7-20(26)8-5-18/h4-15H,3,16-17H2,1-2H3,(H,28,29)/b27-15+. The zero-order chi connectivity index (χ0) is 23.5. The first kappa shape index (κ1) is 23.9. The Morgan fingerprint density at radius 2 is 1.64 bits per heavy atom. The van der Waals surface area contributed by atoms with Gasteiger partial charge in [0.1, 0.15) is 18.1 Å². The number of carbonyl (C=O) groups is 1. The Balaban J connectivity index is 1.48. The third kappa shape index (κ3) is 7.73. The molecular weight excluding hydrogens is 444 g/mol. The molecule has 33 heavy (non-hydrogen) atoms. The van der Waals surface area contributed by atoms with Gasteiger partial charge in [-0.3, -0.25) is 4.79 Å². The summed E-state index contributed by atoms with van der Waals surface area (Å²) in [4.78, 5) is 12.0. The number of nitrogens with one attached hydrogen (secondary N) is 1. The number of ether oxygens (including phenoxy) is 4.